The van der Waals surface area contributed by atoms with Gasteiger partial charge in [0.2, 0.25) is 10.0 Å². The van der Waals surface area contributed by atoms with Gasteiger partial charge in [-0.05, 0) is 64.7 Å². The van der Waals surface area contributed by atoms with Crippen LogP contribution in [-0.2, 0) is 10.0 Å². The van der Waals surface area contributed by atoms with Crippen LogP contribution < -0.4 is 5.32 Å². The summed E-state index contributed by atoms with van der Waals surface area (Å²) >= 11 is 19.1. The molecule has 0 saturated carbocycles. The van der Waals surface area contributed by atoms with E-state index in [1.807, 2.05) is 66.7 Å². The highest BCUT2D eigenvalue weighted by Crippen LogP contribution is 2.33. The monoisotopic (exact) mass is 707 g/mol. The van der Waals surface area contributed by atoms with Gasteiger partial charge in [-0.15, -0.1) is 0 Å². The van der Waals surface area contributed by atoms with E-state index in [0.29, 0.717) is 5.02 Å². The maximum absolute atomic E-state index is 13.9. The number of carbonyl (C=O) groups is 2. The van der Waals surface area contributed by atoms with E-state index in [-0.39, 0.29) is 58.4 Å². The molecule has 1 aliphatic heterocycles. The number of hydrogen-bond acceptors (Lipinski definition) is 5. The molecule has 47 heavy (non-hydrogen) atoms. The van der Waals surface area contributed by atoms with E-state index in [4.69, 9.17) is 39.2 Å². The van der Waals surface area contributed by atoms with Gasteiger partial charge in [-0.2, -0.15) is 4.31 Å². The molecule has 1 unspecified atom stereocenters. The van der Waals surface area contributed by atoms with Crippen molar-refractivity contribution >= 4 is 56.6 Å². The Morgan fingerprint density at radius 3 is 2.11 bits per heavy atom. The first-order chi connectivity index (χ1) is 22.6. The normalized spacial score (nSPS) is 14.5. The summed E-state index contributed by atoms with van der Waals surface area (Å²) in [6.45, 7) is 0.377. The summed E-state index contributed by atoms with van der Waals surface area (Å²) < 4.78 is 34.0. The van der Waals surface area contributed by atoms with Crippen LogP contribution in [0.25, 0.3) is 11.1 Å². The van der Waals surface area contributed by atoms with Crippen LogP contribution in [0.5, 0.6) is 0 Å². The zero-order valence-corrected chi connectivity index (χ0v) is 27.9. The number of nitrogens with one attached hydrogen (secondary N) is 1. The minimum absolute atomic E-state index is 0.00629. The van der Waals surface area contributed by atoms with Gasteiger partial charge in [0.15, 0.2) is 5.76 Å². The average Bonchev–Trinajstić information content (AvgIpc) is 3.63. The first kappa shape index (κ1) is 32.8. The standard InChI is InChI=1S/C35H28Cl3N3O5S/c36-27-13-11-24(12-14-27)33(26-9-4-8-25(20-26)23-6-2-1-3-7-23)39-34(42)28-21-32(30(38)22-29(28)37)47(44,45)41-17-15-40(16-18-41)35(43)31-10-5-19-46-31/h1-14,19-22,33H,15-18H2,(H,39,42). The van der Waals surface area contributed by atoms with E-state index in [2.05, 4.69) is 5.32 Å². The zero-order chi connectivity index (χ0) is 33.1. The smallest absolute Gasteiger partial charge is 0.289 e. The van der Waals surface area contributed by atoms with Crippen molar-refractivity contribution in [1.29, 1.82) is 0 Å². The Bertz CT molecular complexity index is 2010. The molecule has 2 amide bonds. The lowest BCUT2D eigenvalue weighted by Crippen LogP contribution is -2.50. The molecule has 1 atom stereocenters. The molecule has 0 aliphatic carbocycles. The summed E-state index contributed by atoms with van der Waals surface area (Å²) in [5.74, 6) is -0.733. The number of piperazine rings is 1. The lowest BCUT2D eigenvalue weighted by atomic mass is 9.94. The predicted octanol–water partition coefficient (Wildman–Crippen LogP) is 7.57. The Hall–Kier alpha value is -4.12. The van der Waals surface area contributed by atoms with Crippen molar-refractivity contribution in [1.82, 2.24) is 14.5 Å². The molecule has 6 rings (SSSR count). The third-order valence-corrected chi connectivity index (χ3v) is 10.9. The maximum Gasteiger partial charge on any atom is 0.289 e. The van der Waals surface area contributed by atoms with E-state index in [0.717, 1.165) is 22.3 Å². The fourth-order valence-corrected chi connectivity index (χ4v) is 7.86. The zero-order valence-electron chi connectivity index (χ0n) is 24.8. The van der Waals surface area contributed by atoms with E-state index in [1.54, 1.807) is 24.3 Å². The molecule has 1 fully saturated rings. The van der Waals surface area contributed by atoms with Gasteiger partial charge in [-0.3, -0.25) is 9.59 Å². The number of amides is 2. The van der Waals surface area contributed by atoms with Gasteiger partial charge >= 0.3 is 0 Å². The van der Waals surface area contributed by atoms with Gasteiger partial charge in [0.05, 0.1) is 27.9 Å². The fourth-order valence-electron chi connectivity index (χ4n) is 5.48. The molecule has 0 spiro atoms. The van der Waals surface area contributed by atoms with Crippen LogP contribution in [0.3, 0.4) is 0 Å². The Morgan fingerprint density at radius 2 is 1.43 bits per heavy atom. The molecule has 8 nitrogen and oxygen atoms in total. The van der Waals surface area contributed by atoms with Crippen molar-refractivity contribution in [2.45, 2.75) is 10.9 Å². The molecular formula is C35H28Cl3N3O5S. The van der Waals surface area contributed by atoms with Crippen LogP contribution in [0.2, 0.25) is 15.1 Å². The fraction of sp³-hybridized carbons (Fsp3) is 0.143. The highest BCUT2D eigenvalue weighted by Gasteiger charge is 2.33. The van der Waals surface area contributed by atoms with Crippen LogP contribution >= 0.6 is 34.8 Å². The van der Waals surface area contributed by atoms with E-state index in [1.165, 1.54) is 27.6 Å². The Labute approximate surface area is 287 Å². The number of rotatable bonds is 8. The second-order valence-electron chi connectivity index (χ2n) is 10.9. The molecule has 1 saturated heterocycles. The average molecular weight is 709 g/mol. The topological polar surface area (TPSA) is 99.9 Å². The summed E-state index contributed by atoms with van der Waals surface area (Å²) in [5.41, 5.74) is 3.46. The summed E-state index contributed by atoms with van der Waals surface area (Å²) in [6, 6.07) is 29.8. The first-order valence-corrected chi connectivity index (χ1v) is 17.2. The summed E-state index contributed by atoms with van der Waals surface area (Å²) in [7, 11) is -4.16. The van der Waals surface area contributed by atoms with Crippen LogP contribution in [0, 0.1) is 0 Å². The predicted molar refractivity (Wildman–Crippen MR) is 182 cm³/mol. The van der Waals surface area contributed by atoms with Crippen molar-refractivity contribution in [2.75, 3.05) is 26.2 Å². The number of carbonyl (C=O) groups excluding carboxylic acids is 2. The van der Waals surface area contributed by atoms with Crippen molar-refractivity contribution in [3.63, 3.8) is 0 Å². The molecule has 1 aromatic heterocycles. The van der Waals surface area contributed by atoms with Crippen molar-refractivity contribution in [3.05, 3.63) is 147 Å². The number of furan rings is 1. The third kappa shape index (κ3) is 7.10. The van der Waals surface area contributed by atoms with Gasteiger partial charge in [-0.1, -0.05) is 95.5 Å². The molecule has 4 aromatic carbocycles. The highest BCUT2D eigenvalue weighted by molar-refractivity contribution is 7.89. The molecule has 0 radical (unpaired) electrons. The largest absolute Gasteiger partial charge is 0.459 e. The molecule has 12 heteroatoms. The number of benzene rings is 4. The van der Waals surface area contributed by atoms with Gasteiger partial charge in [0.25, 0.3) is 11.8 Å². The van der Waals surface area contributed by atoms with Gasteiger partial charge in [-0.25, -0.2) is 8.42 Å². The van der Waals surface area contributed by atoms with Gasteiger partial charge in [0, 0.05) is 31.2 Å². The van der Waals surface area contributed by atoms with Crippen molar-refractivity contribution < 1.29 is 22.4 Å². The third-order valence-electron chi connectivity index (χ3n) is 7.95. The minimum Gasteiger partial charge on any atom is -0.459 e. The number of hydrogen-bond donors (Lipinski definition) is 1. The van der Waals surface area contributed by atoms with Crippen molar-refractivity contribution in [3.8, 4) is 11.1 Å². The second-order valence-corrected chi connectivity index (χ2v) is 14.0. The Kier molecular flexibility index (Phi) is 9.72. The summed E-state index contributed by atoms with van der Waals surface area (Å²) in [6.07, 6.45) is 1.41. The van der Waals surface area contributed by atoms with Crippen LogP contribution in [0.1, 0.15) is 38.1 Å². The quantitative estimate of drug-likeness (QED) is 0.179. The van der Waals surface area contributed by atoms with Crippen LogP contribution in [0.4, 0.5) is 0 Å². The lowest BCUT2D eigenvalue weighted by molar-refractivity contribution is 0.0665. The molecule has 1 aliphatic rings. The van der Waals surface area contributed by atoms with Gasteiger partial charge in [0.1, 0.15) is 4.90 Å². The molecule has 1 N–H and O–H groups in total. The summed E-state index contributed by atoms with van der Waals surface area (Å²) in [5, 5.41) is 3.46. The van der Waals surface area contributed by atoms with Crippen LogP contribution in [0.15, 0.2) is 119 Å². The highest BCUT2D eigenvalue weighted by atomic mass is 35.5. The minimum atomic E-state index is -4.16. The van der Waals surface area contributed by atoms with Crippen LogP contribution in [-0.4, -0.2) is 55.6 Å². The number of halogens is 3. The second kappa shape index (κ2) is 13.9. The lowest BCUT2D eigenvalue weighted by Gasteiger charge is -2.33. The Morgan fingerprint density at radius 1 is 0.723 bits per heavy atom. The molecule has 2 heterocycles. The SMILES string of the molecule is O=C(NC(c1ccc(Cl)cc1)c1cccc(-c2ccccc2)c1)c1cc(S(=O)(=O)N2CCN(C(=O)c3ccco3)CC2)c(Cl)cc1Cl. The molecule has 240 valence electrons. The van der Waals surface area contributed by atoms with E-state index >= 15 is 0 Å². The first-order valence-electron chi connectivity index (χ1n) is 14.7. The van der Waals surface area contributed by atoms with E-state index in [9.17, 15) is 18.0 Å². The Balaban J connectivity index is 1.28. The number of nitrogens with zero attached hydrogens (tertiary/aromatic N) is 2. The van der Waals surface area contributed by atoms with E-state index < -0.39 is 22.0 Å². The van der Waals surface area contributed by atoms with Crippen molar-refractivity contribution in [2.24, 2.45) is 0 Å². The molecule has 0 bridgehead atoms. The molecule has 5 aromatic rings. The maximum atomic E-state index is 13.9. The summed E-state index contributed by atoms with van der Waals surface area (Å²) in [4.78, 5) is 27.9. The molecular weight excluding hydrogens is 681 g/mol. The van der Waals surface area contributed by atoms with Gasteiger partial charge < -0.3 is 14.6 Å². The number of sulfonamides is 1.